The predicted octanol–water partition coefficient (Wildman–Crippen LogP) is 2.33. The van der Waals surface area contributed by atoms with E-state index in [1.807, 2.05) is 6.92 Å². The fourth-order valence-corrected chi connectivity index (χ4v) is 3.13. The molecule has 0 bridgehead atoms. The number of carboxylic acid groups (broad SMARTS) is 1. The number of hydrogen-bond acceptors (Lipinski definition) is 8. The van der Waals surface area contributed by atoms with Crippen LogP contribution >= 0.6 is 0 Å². The molecule has 0 fully saturated rings. The maximum Gasteiger partial charge on any atom is 0.344 e. The number of H-pyrrole nitrogens is 2. The first-order chi connectivity index (χ1) is 15.4. The number of carboxylic acids is 1. The van der Waals surface area contributed by atoms with Gasteiger partial charge < -0.3 is 24.7 Å². The zero-order valence-electron chi connectivity index (χ0n) is 17.1. The third-order valence-electron chi connectivity index (χ3n) is 4.62. The second-order valence-electron chi connectivity index (χ2n) is 6.88. The molecule has 0 aliphatic heterocycles. The van der Waals surface area contributed by atoms with Crippen molar-refractivity contribution in [2.24, 2.45) is 0 Å². The van der Waals surface area contributed by atoms with Gasteiger partial charge in [-0.2, -0.15) is 0 Å². The molecule has 4 aromatic rings. The summed E-state index contributed by atoms with van der Waals surface area (Å²) in [4.78, 5) is 30.4. The molecule has 4 rings (SSSR count). The van der Waals surface area contributed by atoms with Gasteiger partial charge in [0.2, 0.25) is 0 Å². The molecule has 164 valence electrons. The van der Waals surface area contributed by atoms with Crippen molar-refractivity contribution in [1.29, 1.82) is 0 Å². The first kappa shape index (κ1) is 20.8. The number of benzene rings is 2. The smallest absolute Gasteiger partial charge is 0.344 e. The lowest BCUT2D eigenvalue weighted by molar-refractivity contribution is -0.144. The number of aromatic nitrogens is 5. The molecule has 0 saturated carbocycles. The molecule has 4 N–H and O–H groups in total. The van der Waals surface area contributed by atoms with Gasteiger partial charge in [-0.3, -0.25) is 4.79 Å². The van der Waals surface area contributed by atoms with Crippen molar-refractivity contribution in [2.45, 2.75) is 20.0 Å². The third-order valence-corrected chi connectivity index (χ3v) is 4.62. The van der Waals surface area contributed by atoms with Gasteiger partial charge >= 0.3 is 5.97 Å². The number of aromatic hydroxyl groups is 1. The lowest BCUT2D eigenvalue weighted by Gasteiger charge is -2.14. The number of aromatic amines is 2. The minimum absolute atomic E-state index is 0.0830. The van der Waals surface area contributed by atoms with Crippen LogP contribution in [0.2, 0.25) is 0 Å². The van der Waals surface area contributed by atoms with Gasteiger partial charge in [-0.1, -0.05) is 11.3 Å². The van der Waals surface area contributed by atoms with E-state index >= 15 is 0 Å². The predicted molar refractivity (Wildman–Crippen MR) is 114 cm³/mol. The van der Waals surface area contributed by atoms with E-state index in [1.165, 1.54) is 19.1 Å². The quantitative estimate of drug-likeness (QED) is 0.340. The normalized spacial score (nSPS) is 11.9. The van der Waals surface area contributed by atoms with Crippen molar-refractivity contribution in [3.8, 4) is 39.8 Å². The summed E-state index contributed by atoms with van der Waals surface area (Å²) in [7, 11) is 0. The lowest BCUT2D eigenvalue weighted by Crippen LogP contribution is -2.22. The SMILES string of the molecule is CCOc1cc(-c2cc(O)cc(O[C@H](C)C(=O)O)c2)ccc1-c1nc2[nH]nnc2c(=O)[nH]1. The minimum atomic E-state index is -1.12. The molecular weight excluding hydrogens is 418 g/mol. The van der Waals surface area contributed by atoms with Gasteiger partial charge in [0.15, 0.2) is 17.3 Å². The van der Waals surface area contributed by atoms with Crippen LogP contribution in [0.15, 0.2) is 41.2 Å². The zero-order valence-corrected chi connectivity index (χ0v) is 17.1. The number of carbonyl (C=O) groups is 1. The highest BCUT2D eigenvalue weighted by molar-refractivity contribution is 5.77. The number of nitrogens with zero attached hydrogens (tertiary/aromatic N) is 3. The van der Waals surface area contributed by atoms with Gasteiger partial charge in [-0.25, -0.2) is 14.9 Å². The number of nitrogens with one attached hydrogen (secondary N) is 2. The number of ether oxygens (including phenoxy) is 2. The van der Waals surface area contributed by atoms with Gasteiger partial charge in [-0.05, 0) is 49.2 Å². The van der Waals surface area contributed by atoms with E-state index in [2.05, 4.69) is 25.4 Å². The van der Waals surface area contributed by atoms with Crippen molar-refractivity contribution in [3.63, 3.8) is 0 Å². The van der Waals surface area contributed by atoms with Crippen molar-refractivity contribution in [3.05, 3.63) is 46.8 Å². The molecule has 0 radical (unpaired) electrons. The number of aliphatic carboxylic acids is 1. The van der Waals surface area contributed by atoms with E-state index in [0.29, 0.717) is 29.0 Å². The van der Waals surface area contributed by atoms with Crippen molar-refractivity contribution < 1.29 is 24.5 Å². The molecule has 1 atom stereocenters. The van der Waals surface area contributed by atoms with Crippen LogP contribution < -0.4 is 15.0 Å². The van der Waals surface area contributed by atoms with Crippen LogP contribution in [0.25, 0.3) is 33.7 Å². The first-order valence-electron chi connectivity index (χ1n) is 9.68. The second-order valence-corrected chi connectivity index (χ2v) is 6.88. The van der Waals surface area contributed by atoms with Gasteiger partial charge in [0.25, 0.3) is 5.56 Å². The van der Waals surface area contributed by atoms with E-state index in [9.17, 15) is 14.7 Å². The van der Waals surface area contributed by atoms with Gasteiger partial charge in [0.05, 0.1) is 12.2 Å². The third kappa shape index (κ3) is 4.08. The van der Waals surface area contributed by atoms with Crippen LogP contribution in [0.1, 0.15) is 13.8 Å². The number of hydrogen-bond donors (Lipinski definition) is 4. The Morgan fingerprint density at radius 2 is 2.00 bits per heavy atom. The van der Waals surface area contributed by atoms with E-state index in [-0.39, 0.29) is 28.5 Å². The summed E-state index contributed by atoms with van der Waals surface area (Å²) in [5.41, 5.74) is 1.71. The van der Waals surface area contributed by atoms with Crippen LogP contribution in [0.4, 0.5) is 0 Å². The zero-order chi connectivity index (χ0) is 22.8. The summed E-state index contributed by atoms with van der Waals surface area (Å²) in [5, 5.41) is 29.0. The van der Waals surface area contributed by atoms with Gasteiger partial charge in [-0.15, -0.1) is 5.10 Å². The molecule has 2 heterocycles. The highest BCUT2D eigenvalue weighted by Gasteiger charge is 2.16. The maximum atomic E-state index is 12.3. The molecule has 2 aromatic carbocycles. The minimum Gasteiger partial charge on any atom is -0.508 e. The highest BCUT2D eigenvalue weighted by atomic mass is 16.5. The average molecular weight is 437 g/mol. The van der Waals surface area contributed by atoms with Gasteiger partial charge in [0, 0.05) is 6.07 Å². The molecule has 0 aliphatic rings. The number of phenols is 1. The highest BCUT2D eigenvalue weighted by Crippen LogP contribution is 2.35. The summed E-state index contributed by atoms with van der Waals surface area (Å²) in [6, 6.07) is 9.68. The number of phenolic OH excluding ortho intramolecular Hbond substituents is 1. The average Bonchev–Trinajstić information content (AvgIpc) is 3.23. The molecule has 32 heavy (non-hydrogen) atoms. The molecule has 2 aromatic heterocycles. The molecule has 0 amide bonds. The Morgan fingerprint density at radius 1 is 1.19 bits per heavy atom. The van der Waals surface area contributed by atoms with E-state index in [0.717, 1.165) is 0 Å². The Labute approximate surface area is 180 Å². The fourth-order valence-electron chi connectivity index (χ4n) is 3.13. The Kier molecular flexibility index (Phi) is 5.46. The summed E-state index contributed by atoms with van der Waals surface area (Å²) < 4.78 is 11.1. The molecule has 0 saturated heterocycles. The largest absolute Gasteiger partial charge is 0.508 e. The number of fused-ring (bicyclic) bond motifs is 1. The summed E-state index contributed by atoms with van der Waals surface area (Å²) in [6.07, 6.45) is -1.08. The number of rotatable bonds is 7. The molecule has 11 heteroatoms. The van der Waals surface area contributed by atoms with Crippen molar-refractivity contribution >= 4 is 17.1 Å². The van der Waals surface area contributed by atoms with Crippen LogP contribution in [-0.2, 0) is 4.79 Å². The Morgan fingerprint density at radius 3 is 2.75 bits per heavy atom. The van der Waals surface area contributed by atoms with Crippen molar-refractivity contribution in [1.82, 2.24) is 25.4 Å². The van der Waals surface area contributed by atoms with Crippen LogP contribution in [0, 0.1) is 0 Å². The fraction of sp³-hybridized carbons (Fsp3) is 0.190. The molecule has 0 unspecified atom stereocenters. The Bertz CT molecular complexity index is 1360. The standard InChI is InChI=1S/C21H19N5O6/c1-3-31-16-8-11(12-6-13(27)9-14(7-12)32-10(2)21(29)30)4-5-15(16)18-22-19-17(20(28)23-18)24-26-25-19/h4-10,27H,3H2,1-2H3,(H,29,30)(H2,22,23,24,25,26,28)/t10-/m1/s1. The molecule has 11 nitrogen and oxygen atoms in total. The van der Waals surface area contributed by atoms with Crippen LogP contribution in [0.3, 0.4) is 0 Å². The Balaban J connectivity index is 1.77. The monoisotopic (exact) mass is 437 g/mol. The molecular formula is C21H19N5O6. The maximum absolute atomic E-state index is 12.3. The Hall–Kier alpha value is -4.41. The summed E-state index contributed by atoms with van der Waals surface area (Å²) >= 11 is 0. The molecule has 0 spiro atoms. The molecule has 0 aliphatic carbocycles. The van der Waals surface area contributed by atoms with Crippen LogP contribution in [-0.4, -0.2) is 54.3 Å². The van der Waals surface area contributed by atoms with Crippen molar-refractivity contribution in [2.75, 3.05) is 6.61 Å². The van der Waals surface area contributed by atoms with E-state index < -0.39 is 17.6 Å². The van der Waals surface area contributed by atoms with Gasteiger partial charge in [0.1, 0.15) is 23.1 Å². The van der Waals surface area contributed by atoms with E-state index in [4.69, 9.17) is 14.6 Å². The lowest BCUT2D eigenvalue weighted by atomic mass is 10.0. The second kappa shape index (κ2) is 8.38. The summed E-state index contributed by atoms with van der Waals surface area (Å²) in [6.45, 7) is 3.58. The summed E-state index contributed by atoms with van der Waals surface area (Å²) in [5.74, 6) is -0.271. The topological polar surface area (TPSA) is 163 Å². The first-order valence-corrected chi connectivity index (χ1v) is 9.68. The van der Waals surface area contributed by atoms with E-state index in [1.54, 1.807) is 24.3 Å². The van der Waals surface area contributed by atoms with Crippen LogP contribution in [0.5, 0.6) is 17.2 Å².